The summed E-state index contributed by atoms with van der Waals surface area (Å²) in [5.74, 6) is 0. The molecule has 0 aromatic carbocycles. The average Bonchev–Trinajstić information content (AvgIpc) is 2.35. The van der Waals surface area contributed by atoms with Crippen molar-refractivity contribution in [1.82, 2.24) is 4.37 Å². The van der Waals surface area contributed by atoms with E-state index in [1.807, 2.05) is 0 Å². The van der Waals surface area contributed by atoms with Gasteiger partial charge in [-0.05, 0) is 43.3 Å². The average molecular weight is 139 g/mol. The van der Waals surface area contributed by atoms with Crippen LogP contribution in [0.5, 0.6) is 0 Å². The standard InChI is InChI=1S/C7H9NS/c1-5-6-3-2-4-7(6)9-8-5/h2-4H2,1H3. The van der Waals surface area contributed by atoms with Crippen molar-refractivity contribution in [3.8, 4) is 0 Å². The van der Waals surface area contributed by atoms with Gasteiger partial charge < -0.3 is 0 Å². The van der Waals surface area contributed by atoms with Crippen molar-refractivity contribution in [3.05, 3.63) is 16.1 Å². The molecule has 1 aromatic rings. The molecule has 9 heavy (non-hydrogen) atoms. The van der Waals surface area contributed by atoms with Crippen LogP contribution in [-0.4, -0.2) is 4.37 Å². The largest absolute Gasteiger partial charge is 0.197 e. The molecule has 48 valence electrons. The van der Waals surface area contributed by atoms with Gasteiger partial charge in [-0.3, -0.25) is 0 Å². The maximum atomic E-state index is 4.28. The fraction of sp³-hybridized carbons (Fsp3) is 0.571. The normalized spacial score (nSPS) is 16.1. The van der Waals surface area contributed by atoms with Gasteiger partial charge in [0.05, 0.1) is 5.69 Å². The van der Waals surface area contributed by atoms with Crippen LogP contribution < -0.4 is 0 Å². The lowest BCUT2D eigenvalue weighted by atomic mass is 10.2. The number of aryl methyl sites for hydroxylation is 2. The molecule has 1 aliphatic carbocycles. The lowest BCUT2D eigenvalue weighted by Crippen LogP contribution is -1.78. The van der Waals surface area contributed by atoms with E-state index >= 15 is 0 Å². The molecular weight excluding hydrogens is 130 g/mol. The lowest BCUT2D eigenvalue weighted by molar-refractivity contribution is 0.907. The van der Waals surface area contributed by atoms with Crippen molar-refractivity contribution in [2.45, 2.75) is 26.2 Å². The van der Waals surface area contributed by atoms with Gasteiger partial charge >= 0.3 is 0 Å². The second-order valence-electron chi connectivity index (χ2n) is 2.52. The predicted octanol–water partition coefficient (Wildman–Crippen LogP) is 1.94. The number of aromatic nitrogens is 1. The molecular formula is C7H9NS. The fourth-order valence-corrected chi connectivity index (χ4v) is 2.33. The Labute approximate surface area is 58.9 Å². The summed E-state index contributed by atoms with van der Waals surface area (Å²) in [5.41, 5.74) is 2.81. The number of fused-ring (bicyclic) bond motifs is 1. The highest BCUT2D eigenvalue weighted by Crippen LogP contribution is 2.27. The molecule has 0 saturated carbocycles. The first-order valence-corrected chi connectivity index (χ1v) is 4.09. The Hall–Kier alpha value is -0.370. The molecule has 0 unspecified atom stereocenters. The number of hydrogen-bond acceptors (Lipinski definition) is 2. The van der Waals surface area contributed by atoms with Crippen LogP contribution in [0.2, 0.25) is 0 Å². The van der Waals surface area contributed by atoms with Crippen LogP contribution in [0.4, 0.5) is 0 Å². The number of nitrogens with zero attached hydrogens (tertiary/aromatic N) is 1. The molecule has 0 saturated heterocycles. The van der Waals surface area contributed by atoms with Crippen molar-refractivity contribution in [3.63, 3.8) is 0 Å². The molecule has 0 radical (unpaired) electrons. The maximum absolute atomic E-state index is 4.28. The third-order valence-electron chi connectivity index (χ3n) is 1.90. The van der Waals surface area contributed by atoms with Gasteiger partial charge in [0.25, 0.3) is 0 Å². The van der Waals surface area contributed by atoms with Crippen molar-refractivity contribution in [2.24, 2.45) is 0 Å². The van der Waals surface area contributed by atoms with Gasteiger partial charge in [-0.15, -0.1) is 0 Å². The van der Waals surface area contributed by atoms with E-state index in [-0.39, 0.29) is 0 Å². The number of rotatable bonds is 0. The highest BCUT2D eigenvalue weighted by molar-refractivity contribution is 7.06. The Kier molecular flexibility index (Phi) is 1.09. The van der Waals surface area contributed by atoms with Crippen LogP contribution in [0, 0.1) is 6.92 Å². The zero-order valence-corrected chi connectivity index (χ0v) is 6.29. The van der Waals surface area contributed by atoms with E-state index in [1.54, 1.807) is 17.1 Å². The summed E-state index contributed by atoms with van der Waals surface area (Å²) in [6, 6.07) is 0. The van der Waals surface area contributed by atoms with Crippen molar-refractivity contribution >= 4 is 11.5 Å². The molecule has 0 spiro atoms. The van der Waals surface area contributed by atoms with E-state index in [1.165, 1.54) is 29.8 Å². The van der Waals surface area contributed by atoms with E-state index in [4.69, 9.17) is 0 Å². The Bertz CT molecular complexity index is 227. The van der Waals surface area contributed by atoms with E-state index in [0.29, 0.717) is 0 Å². The highest BCUT2D eigenvalue weighted by Gasteiger charge is 2.15. The predicted molar refractivity (Wildman–Crippen MR) is 38.9 cm³/mol. The topological polar surface area (TPSA) is 12.9 Å². The lowest BCUT2D eigenvalue weighted by Gasteiger charge is -1.85. The summed E-state index contributed by atoms with van der Waals surface area (Å²) in [7, 11) is 0. The summed E-state index contributed by atoms with van der Waals surface area (Å²) in [6.45, 7) is 2.11. The summed E-state index contributed by atoms with van der Waals surface area (Å²) in [4.78, 5) is 1.53. The smallest absolute Gasteiger partial charge is 0.0546 e. The molecule has 0 aliphatic heterocycles. The van der Waals surface area contributed by atoms with E-state index in [2.05, 4.69) is 11.3 Å². The second-order valence-corrected chi connectivity index (χ2v) is 3.38. The first-order chi connectivity index (χ1) is 4.38. The van der Waals surface area contributed by atoms with E-state index in [0.717, 1.165) is 0 Å². The van der Waals surface area contributed by atoms with Crippen LogP contribution in [-0.2, 0) is 12.8 Å². The van der Waals surface area contributed by atoms with Gasteiger partial charge in [-0.2, -0.15) is 4.37 Å². The van der Waals surface area contributed by atoms with Gasteiger partial charge in [0.15, 0.2) is 0 Å². The summed E-state index contributed by atoms with van der Waals surface area (Å²) in [6.07, 6.45) is 3.91. The highest BCUT2D eigenvalue weighted by atomic mass is 32.1. The van der Waals surface area contributed by atoms with E-state index in [9.17, 15) is 0 Å². The van der Waals surface area contributed by atoms with Gasteiger partial charge in [0, 0.05) is 4.88 Å². The van der Waals surface area contributed by atoms with Gasteiger partial charge in [0.1, 0.15) is 0 Å². The molecule has 2 rings (SSSR count). The van der Waals surface area contributed by atoms with Crippen LogP contribution in [0.25, 0.3) is 0 Å². The third kappa shape index (κ3) is 0.697. The Morgan fingerprint density at radius 2 is 2.33 bits per heavy atom. The number of hydrogen-bond donors (Lipinski definition) is 0. The maximum Gasteiger partial charge on any atom is 0.0546 e. The first kappa shape index (κ1) is 5.42. The molecule has 1 nitrogen and oxygen atoms in total. The Morgan fingerprint density at radius 3 is 3.11 bits per heavy atom. The summed E-state index contributed by atoms with van der Waals surface area (Å²) >= 11 is 1.69. The molecule has 1 heterocycles. The Balaban J connectivity index is 2.56. The van der Waals surface area contributed by atoms with Crippen LogP contribution in [0.15, 0.2) is 0 Å². The van der Waals surface area contributed by atoms with Crippen molar-refractivity contribution < 1.29 is 0 Å². The summed E-state index contributed by atoms with van der Waals surface area (Å²) in [5, 5.41) is 0. The zero-order valence-electron chi connectivity index (χ0n) is 5.48. The van der Waals surface area contributed by atoms with Gasteiger partial charge in [-0.25, -0.2) is 0 Å². The van der Waals surface area contributed by atoms with Crippen LogP contribution >= 0.6 is 11.5 Å². The minimum atomic E-state index is 1.27. The summed E-state index contributed by atoms with van der Waals surface area (Å²) < 4.78 is 4.28. The molecule has 0 fully saturated rings. The molecule has 0 N–H and O–H groups in total. The van der Waals surface area contributed by atoms with Gasteiger partial charge in [-0.1, -0.05) is 0 Å². The second kappa shape index (κ2) is 1.81. The zero-order chi connectivity index (χ0) is 6.27. The quantitative estimate of drug-likeness (QED) is 0.535. The molecule has 2 heteroatoms. The van der Waals surface area contributed by atoms with Gasteiger partial charge in [0.2, 0.25) is 0 Å². The molecule has 0 amide bonds. The fourth-order valence-electron chi connectivity index (χ4n) is 1.38. The minimum Gasteiger partial charge on any atom is -0.197 e. The molecule has 1 aromatic heterocycles. The SMILES string of the molecule is Cc1nsc2c1CCC2. The van der Waals surface area contributed by atoms with E-state index < -0.39 is 0 Å². The molecule has 0 bridgehead atoms. The Morgan fingerprint density at radius 1 is 1.44 bits per heavy atom. The monoisotopic (exact) mass is 139 g/mol. The third-order valence-corrected chi connectivity index (χ3v) is 2.93. The minimum absolute atomic E-state index is 1.27. The first-order valence-electron chi connectivity index (χ1n) is 3.32. The van der Waals surface area contributed by atoms with Crippen LogP contribution in [0.3, 0.4) is 0 Å². The molecule has 0 atom stereocenters. The van der Waals surface area contributed by atoms with Crippen LogP contribution in [0.1, 0.15) is 22.6 Å². The molecule has 1 aliphatic rings. The van der Waals surface area contributed by atoms with Crippen molar-refractivity contribution in [1.29, 1.82) is 0 Å². The van der Waals surface area contributed by atoms with Crippen molar-refractivity contribution in [2.75, 3.05) is 0 Å².